The monoisotopic (exact) mass is 432 g/mol. The van der Waals surface area contributed by atoms with Gasteiger partial charge in [0.15, 0.2) is 5.41 Å². The highest BCUT2D eigenvalue weighted by molar-refractivity contribution is 5.79. The van der Waals surface area contributed by atoms with E-state index in [2.05, 4.69) is 4.74 Å². The summed E-state index contributed by atoms with van der Waals surface area (Å²) in [6, 6.07) is 0. The Labute approximate surface area is 157 Å². The van der Waals surface area contributed by atoms with Crippen LogP contribution in [-0.4, -0.2) is 30.6 Å². The van der Waals surface area contributed by atoms with Crippen LogP contribution in [0.4, 0.5) is 39.5 Å². The summed E-state index contributed by atoms with van der Waals surface area (Å²) >= 11 is 0. The number of esters is 1. The summed E-state index contributed by atoms with van der Waals surface area (Å²) in [5.74, 6) is -2.58. The number of rotatable bonds is 7. The Kier molecular flexibility index (Phi) is 7.60. The van der Waals surface area contributed by atoms with Crippen molar-refractivity contribution in [2.45, 2.75) is 85.4 Å². The van der Waals surface area contributed by atoms with Gasteiger partial charge in [-0.1, -0.05) is 48.0 Å². The lowest BCUT2D eigenvalue weighted by Gasteiger charge is -2.49. The van der Waals surface area contributed by atoms with Crippen LogP contribution in [0.5, 0.6) is 0 Å². The molecular formula is C17H25F9O2. The maximum atomic E-state index is 14.2. The van der Waals surface area contributed by atoms with Crippen LogP contribution in [0.1, 0.15) is 60.8 Å². The molecule has 0 aliphatic rings. The van der Waals surface area contributed by atoms with Gasteiger partial charge in [-0.2, -0.15) is 39.5 Å². The molecule has 0 aromatic heterocycles. The van der Waals surface area contributed by atoms with Gasteiger partial charge < -0.3 is 4.74 Å². The van der Waals surface area contributed by atoms with Crippen LogP contribution < -0.4 is 0 Å². The Bertz CT molecular complexity index is 530. The van der Waals surface area contributed by atoms with Crippen molar-refractivity contribution in [2.75, 3.05) is 0 Å². The Morgan fingerprint density at radius 3 is 1.43 bits per heavy atom. The van der Waals surface area contributed by atoms with E-state index < -0.39 is 53.3 Å². The van der Waals surface area contributed by atoms with Gasteiger partial charge in [0.25, 0.3) is 6.10 Å². The van der Waals surface area contributed by atoms with E-state index in [0.29, 0.717) is 0 Å². The molecular weight excluding hydrogens is 407 g/mol. The van der Waals surface area contributed by atoms with Crippen molar-refractivity contribution in [1.29, 1.82) is 0 Å². The fourth-order valence-electron chi connectivity index (χ4n) is 2.86. The summed E-state index contributed by atoms with van der Waals surface area (Å²) in [4.78, 5) is 12.5. The zero-order valence-corrected chi connectivity index (χ0v) is 16.4. The average molecular weight is 432 g/mol. The number of halogens is 9. The summed E-state index contributed by atoms with van der Waals surface area (Å²) in [5, 5.41) is 0. The molecule has 28 heavy (non-hydrogen) atoms. The summed E-state index contributed by atoms with van der Waals surface area (Å²) < 4.78 is 123. The van der Waals surface area contributed by atoms with Crippen LogP contribution in [0.3, 0.4) is 0 Å². The van der Waals surface area contributed by atoms with Gasteiger partial charge in [0.1, 0.15) is 0 Å². The van der Waals surface area contributed by atoms with Gasteiger partial charge in [0.05, 0.1) is 0 Å². The number of hydrogen-bond donors (Lipinski definition) is 0. The fraction of sp³-hybridized carbons (Fsp3) is 0.941. The summed E-state index contributed by atoms with van der Waals surface area (Å²) in [5.41, 5.74) is -6.81. The molecule has 0 fully saturated rings. The van der Waals surface area contributed by atoms with Crippen molar-refractivity contribution < 1.29 is 49.0 Å². The predicted octanol–water partition coefficient (Wildman–Crippen LogP) is 6.83. The molecule has 0 saturated heterocycles. The van der Waals surface area contributed by atoms with E-state index >= 15 is 0 Å². The molecule has 0 radical (unpaired) electrons. The minimum absolute atomic E-state index is 0.0971. The lowest BCUT2D eigenvalue weighted by molar-refractivity contribution is -0.329. The first-order valence-corrected chi connectivity index (χ1v) is 8.50. The smallest absolute Gasteiger partial charge is 0.434 e. The second-order valence-electron chi connectivity index (χ2n) is 8.20. The Morgan fingerprint density at radius 1 is 0.786 bits per heavy atom. The molecule has 11 heteroatoms. The van der Waals surface area contributed by atoms with Crippen molar-refractivity contribution in [3.63, 3.8) is 0 Å². The van der Waals surface area contributed by atoms with E-state index in [1.165, 1.54) is 27.7 Å². The molecule has 0 amide bonds. The molecule has 0 aliphatic carbocycles. The standard InChI is InChI=1S/C17H25F9O2/c1-7-12(3,4)9-14(17(24,25)26,13(5,6)8-2)11(27)28-10(15(18,19)20)16(21,22)23/h10H,7-9H2,1-6H3. The van der Waals surface area contributed by atoms with Crippen LogP contribution in [-0.2, 0) is 9.53 Å². The molecule has 0 aliphatic heterocycles. The molecule has 0 aromatic rings. The minimum Gasteiger partial charge on any atom is -0.442 e. The zero-order valence-electron chi connectivity index (χ0n) is 16.4. The summed E-state index contributed by atoms with van der Waals surface area (Å²) in [6.45, 7) is 7.40. The largest absolute Gasteiger partial charge is 0.442 e. The highest BCUT2D eigenvalue weighted by Crippen LogP contribution is 2.59. The molecule has 0 heterocycles. The highest BCUT2D eigenvalue weighted by atomic mass is 19.4. The maximum absolute atomic E-state index is 14.2. The van der Waals surface area contributed by atoms with E-state index in [9.17, 15) is 44.3 Å². The second kappa shape index (κ2) is 7.93. The van der Waals surface area contributed by atoms with Gasteiger partial charge in [-0.15, -0.1) is 0 Å². The van der Waals surface area contributed by atoms with Gasteiger partial charge in [-0.25, -0.2) is 0 Å². The molecule has 0 saturated carbocycles. The Hall–Kier alpha value is -1.16. The van der Waals surface area contributed by atoms with Gasteiger partial charge in [0.2, 0.25) is 0 Å². The minimum atomic E-state index is -6.11. The van der Waals surface area contributed by atoms with Crippen LogP contribution in [0, 0.1) is 16.2 Å². The first-order chi connectivity index (χ1) is 12.1. The van der Waals surface area contributed by atoms with E-state index in [0.717, 1.165) is 13.8 Å². The Morgan fingerprint density at radius 2 is 1.18 bits per heavy atom. The van der Waals surface area contributed by atoms with Crippen molar-refractivity contribution in [1.82, 2.24) is 0 Å². The van der Waals surface area contributed by atoms with Gasteiger partial charge in [-0.3, -0.25) is 4.79 Å². The van der Waals surface area contributed by atoms with Gasteiger partial charge >= 0.3 is 24.5 Å². The van der Waals surface area contributed by atoms with E-state index in [-0.39, 0.29) is 12.8 Å². The first-order valence-electron chi connectivity index (χ1n) is 8.50. The molecule has 0 spiro atoms. The van der Waals surface area contributed by atoms with Crippen molar-refractivity contribution in [3.05, 3.63) is 0 Å². The van der Waals surface area contributed by atoms with Crippen molar-refractivity contribution in [3.8, 4) is 0 Å². The zero-order chi connectivity index (χ0) is 23.0. The number of carbonyl (C=O) groups excluding carboxylic acids is 1. The first kappa shape index (κ1) is 26.8. The fourth-order valence-corrected chi connectivity index (χ4v) is 2.86. The predicted molar refractivity (Wildman–Crippen MR) is 83.2 cm³/mol. The van der Waals surface area contributed by atoms with E-state index in [1.54, 1.807) is 0 Å². The molecule has 2 nitrogen and oxygen atoms in total. The molecule has 168 valence electrons. The molecule has 0 aromatic carbocycles. The maximum Gasteiger partial charge on any atom is 0.434 e. The third kappa shape index (κ3) is 5.46. The second-order valence-corrected chi connectivity index (χ2v) is 8.20. The SMILES string of the molecule is CCC(C)(C)CC(C(=O)OC(C(F)(F)F)C(F)(F)F)(C(F)(F)F)C(C)(C)CC. The third-order valence-corrected chi connectivity index (χ3v) is 5.39. The summed E-state index contributed by atoms with van der Waals surface area (Å²) in [7, 11) is 0. The Balaban J connectivity index is 6.65. The molecule has 1 atom stereocenters. The lowest BCUT2D eigenvalue weighted by atomic mass is 9.57. The molecule has 1 unspecified atom stereocenters. The van der Waals surface area contributed by atoms with Crippen LogP contribution in [0.25, 0.3) is 0 Å². The van der Waals surface area contributed by atoms with Crippen molar-refractivity contribution >= 4 is 5.97 Å². The van der Waals surface area contributed by atoms with Crippen LogP contribution in [0.15, 0.2) is 0 Å². The van der Waals surface area contributed by atoms with Crippen LogP contribution >= 0.6 is 0 Å². The number of hydrogen-bond acceptors (Lipinski definition) is 2. The van der Waals surface area contributed by atoms with Gasteiger partial charge in [-0.05, 0) is 23.7 Å². The number of ether oxygens (including phenoxy) is 1. The van der Waals surface area contributed by atoms with Crippen molar-refractivity contribution in [2.24, 2.45) is 16.2 Å². The average Bonchev–Trinajstić information content (AvgIpc) is 2.46. The lowest BCUT2D eigenvalue weighted by Crippen LogP contribution is -2.59. The van der Waals surface area contributed by atoms with E-state index in [1.807, 2.05) is 0 Å². The molecule has 0 bridgehead atoms. The number of carbonyl (C=O) groups is 1. The third-order valence-electron chi connectivity index (χ3n) is 5.39. The molecule has 0 rings (SSSR count). The number of alkyl halides is 9. The summed E-state index contributed by atoms with van der Waals surface area (Å²) in [6.07, 6.45) is -23.6. The quantitative estimate of drug-likeness (QED) is 0.325. The van der Waals surface area contributed by atoms with Crippen LogP contribution in [0.2, 0.25) is 0 Å². The van der Waals surface area contributed by atoms with Gasteiger partial charge in [0, 0.05) is 0 Å². The normalized spacial score (nSPS) is 16.9. The van der Waals surface area contributed by atoms with E-state index in [4.69, 9.17) is 0 Å². The topological polar surface area (TPSA) is 26.3 Å². The molecule has 0 N–H and O–H groups in total. The highest BCUT2D eigenvalue weighted by Gasteiger charge is 2.71.